The molecular weight excluding hydrogens is 343 g/mol. The van der Waals surface area contributed by atoms with Crippen LogP contribution in [0.3, 0.4) is 0 Å². The molecule has 1 aliphatic rings. The Labute approximate surface area is 142 Å². The first-order chi connectivity index (χ1) is 11.5. The highest BCUT2D eigenvalue weighted by Gasteiger charge is 2.43. The molecule has 1 amide bonds. The van der Waals surface area contributed by atoms with Gasteiger partial charge in [0.15, 0.2) is 17.4 Å². The second kappa shape index (κ2) is 6.81. The molecule has 6 nitrogen and oxygen atoms in total. The fourth-order valence-corrected chi connectivity index (χ4v) is 2.45. The van der Waals surface area contributed by atoms with Gasteiger partial charge in [0.25, 0.3) is 0 Å². The van der Waals surface area contributed by atoms with E-state index in [9.17, 15) is 27.9 Å². The zero-order valence-corrected chi connectivity index (χ0v) is 13.9. The lowest BCUT2D eigenvalue weighted by atomic mass is 10.2. The maximum Gasteiger partial charge on any atom is 0.411 e. The van der Waals surface area contributed by atoms with Gasteiger partial charge in [0, 0.05) is 18.6 Å². The summed E-state index contributed by atoms with van der Waals surface area (Å²) in [6, 6.07) is -0.354. The SMILES string of the molecule is CC(C)(C)OC(=O)N1C[C@H](Oc2c(F)cc(F)cc2F)C[C@H]1C(=O)O. The highest BCUT2D eigenvalue weighted by atomic mass is 19.1. The van der Waals surface area contributed by atoms with E-state index >= 15 is 0 Å². The predicted octanol–water partition coefficient (Wildman–Crippen LogP) is 2.95. The van der Waals surface area contributed by atoms with Gasteiger partial charge in [0.1, 0.15) is 23.6 Å². The maximum atomic E-state index is 13.7. The molecule has 0 bridgehead atoms. The molecule has 2 atom stereocenters. The summed E-state index contributed by atoms with van der Waals surface area (Å²) in [6.45, 7) is 4.62. The van der Waals surface area contributed by atoms with Crippen LogP contribution in [-0.2, 0) is 9.53 Å². The molecule has 0 unspecified atom stereocenters. The van der Waals surface area contributed by atoms with Crippen LogP contribution in [0.5, 0.6) is 5.75 Å². The number of amides is 1. The molecule has 25 heavy (non-hydrogen) atoms. The number of carboxylic acids is 1. The summed E-state index contributed by atoms with van der Waals surface area (Å²) >= 11 is 0. The minimum Gasteiger partial charge on any atom is -0.482 e. The Hall–Kier alpha value is -2.45. The molecule has 0 spiro atoms. The fraction of sp³-hybridized carbons (Fsp3) is 0.500. The largest absolute Gasteiger partial charge is 0.482 e. The standard InChI is InChI=1S/C16H18F3NO5/c1-16(2,3)25-15(23)20-7-9(6-12(20)14(21)22)24-13-10(18)4-8(17)5-11(13)19/h4-5,9,12H,6-7H2,1-3H3,(H,21,22)/t9-,12+/m1/s1. The van der Waals surface area contributed by atoms with Crippen LogP contribution in [0.1, 0.15) is 27.2 Å². The van der Waals surface area contributed by atoms with Gasteiger partial charge in [-0.2, -0.15) is 0 Å². The summed E-state index contributed by atoms with van der Waals surface area (Å²) in [5.74, 6) is -5.72. The zero-order chi connectivity index (χ0) is 18.9. The second-order valence-electron chi connectivity index (χ2n) is 6.66. The number of rotatable bonds is 3. The van der Waals surface area contributed by atoms with Crippen LogP contribution in [0.25, 0.3) is 0 Å². The molecule has 138 valence electrons. The van der Waals surface area contributed by atoms with E-state index < -0.39 is 53.0 Å². The number of nitrogens with zero attached hydrogens (tertiary/aromatic N) is 1. The third-order valence-electron chi connectivity index (χ3n) is 3.42. The molecule has 2 rings (SSSR count). The van der Waals surface area contributed by atoms with E-state index in [2.05, 4.69) is 0 Å². The Kier molecular flexibility index (Phi) is 5.15. The van der Waals surface area contributed by atoms with Crippen LogP contribution < -0.4 is 4.74 Å². The smallest absolute Gasteiger partial charge is 0.411 e. The Balaban J connectivity index is 2.17. The van der Waals surface area contributed by atoms with E-state index in [1.165, 1.54) is 0 Å². The summed E-state index contributed by atoms with van der Waals surface area (Å²) in [4.78, 5) is 24.4. The van der Waals surface area contributed by atoms with Crippen molar-refractivity contribution in [3.8, 4) is 5.75 Å². The van der Waals surface area contributed by atoms with Gasteiger partial charge in [-0.25, -0.2) is 22.8 Å². The lowest BCUT2D eigenvalue weighted by Gasteiger charge is -2.26. The summed E-state index contributed by atoms with van der Waals surface area (Å²) in [6.07, 6.45) is -2.04. The fourth-order valence-electron chi connectivity index (χ4n) is 2.45. The molecule has 1 aliphatic heterocycles. The lowest BCUT2D eigenvalue weighted by Crippen LogP contribution is -2.43. The monoisotopic (exact) mass is 361 g/mol. The number of hydrogen-bond donors (Lipinski definition) is 1. The van der Waals surface area contributed by atoms with Crippen molar-refractivity contribution in [3.63, 3.8) is 0 Å². The Morgan fingerprint density at radius 1 is 1.20 bits per heavy atom. The number of carbonyl (C=O) groups is 2. The Morgan fingerprint density at radius 2 is 1.76 bits per heavy atom. The molecule has 1 saturated heterocycles. The number of carbonyl (C=O) groups excluding carboxylic acids is 1. The van der Waals surface area contributed by atoms with Gasteiger partial charge in [0.2, 0.25) is 0 Å². The number of aliphatic carboxylic acids is 1. The summed E-state index contributed by atoms with van der Waals surface area (Å²) in [5, 5.41) is 9.26. The van der Waals surface area contributed by atoms with Crippen molar-refractivity contribution in [2.45, 2.75) is 44.9 Å². The molecule has 0 radical (unpaired) electrons. The minimum absolute atomic E-state index is 0.190. The topological polar surface area (TPSA) is 76.1 Å². The molecule has 1 N–H and O–H groups in total. The van der Waals surface area contributed by atoms with Crippen molar-refractivity contribution < 1.29 is 37.3 Å². The lowest BCUT2D eigenvalue weighted by molar-refractivity contribution is -0.142. The first-order valence-corrected chi connectivity index (χ1v) is 7.51. The predicted molar refractivity (Wildman–Crippen MR) is 79.7 cm³/mol. The number of ether oxygens (including phenoxy) is 2. The first kappa shape index (κ1) is 18.9. The van der Waals surface area contributed by atoms with E-state index in [4.69, 9.17) is 9.47 Å². The Bertz CT molecular complexity index is 666. The van der Waals surface area contributed by atoms with Crippen molar-refractivity contribution in [1.82, 2.24) is 4.90 Å². The summed E-state index contributed by atoms with van der Waals surface area (Å²) in [7, 11) is 0. The molecule has 9 heteroatoms. The van der Waals surface area contributed by atoms with Crippen LogP contribution in [0.4, 0.5) is 18.0 Å². The highest BCUT2D eigenvalue weighted by Crippen LogP contribution is 2.29. The molecule has 1 aromatic rings. The van der Waals surface area contributed by atoms with Crippen LogP contribution in [0.15, 0.2) is 12.1 Å². The van der Waals surface area contributed by atoms with Gasteiger partial charge in [-0.1, -0.05) is 0 Å². The number of halogens is 3. The van der Waals surface area contributed by atoms with E-state index in [1.54, 1.807) is 20.8 Å². The Morgan fingerprint density at radius 3 is 2.24 bits per heavy atom. The zero-order valence-electron chi connectivity index (χ0n) is 13.9. The molecule has 0 aromatic heterocycles. The number of benzene rings is 1. The molecular formula is C16H18F3NO5. The van der Waals surface area contributed by atoms with Gasteiger partial charge >= 0.3 is 12.1 Å². The normalized spacial score (nSPS) is 20.5. The number of likely N-dealkylation sites (tertiary alicyclic amines) is 1. The molecule has 0 aliphatic carbocycles. The highest BCUT2D eigenvalue weighted by molar-refractivity contribution is 5.81. The number of carboxylic acid groups (broad SMARTS) is 1. The van der Waals surface area contributed by atoms with Crippen molar-refractivity contribution >= 4 is 12.1 Å². The van der Waals surface area contributed by atoms with Gasteiger partial charge in [-0.05, 0) is 20.8 Å². The van der Waals surface area contributed by atoms with Crippen LogP contribution >= 0.6 is 0 Å². The second-order valence-corrected chi connectivity index (χ2v) is 6.66. The van der Waals surface area contributed by atoms with E-state index in [1.807, 2.05) is 0 Å². The van der Waals surface area contributed by atoms with Crippen LogP contribution in [-0.4, -0.2) is 46.4 Å². The van der Waals surface area contributed by atoms with Crippen LogP contribution in [0.2, 0.25) is 0 Å². The molecule has 1 fully saturated rings. The average Bonchev–Trinajstić information content (AvgIpc) is 2.85. The minimum atomic E-state index is -1.29. The average molecular weight is 361 g/mol. The van der Waals surface area contributed by atoms with Crippen molar-refractivity contribution in [1.29, 1.82) is 0 Å². The summed E-state index contributed by atoms with van der Waals surface area (Å²) < 4.78 is 50.6. The molecule has 0 saturated carbocycles. The third-order valence-corrected chi connectivity index (χ3v) is 3.42. The van der Waals surface area contributed by atoms with Gasteiger partial charge in [0.05, 0.1) is 6.54 Å². The first-order valence-electron chi connectivity index (χ1n) is 7.51. The quantitative estimate of drug-likeness (QED) is 0.896. The molecule has 1 aromatic carbocycles. The van der Waals surface area contributed by atoms with Gasteiger partial charge in [-0.15, -0.1) is 0 Å². The summed E-state index contributed by atoms with van der Waals surface area (Å²) in [5.41, 5.74) is -0.839. The van der Waals surface area contributed by atoms with Crippen molar-refractivity contribution in [2.24, 2.45) is 0 Å². The maximum absolute atomic E-state index is 13.7. The van der Waals surface area contributed by atoms with E-state index in [-0.39, 0.29) is 13.0 Å². The third kappa shape index (κ3) is 4.55. The van der Waals surface area contributed by atoms with E-state index in [0.717, 1.165) is 4.90 Å². The molecule has 1 heterocycles. The van der Waals surface area contributed by atoms with Crippen LogP contribution in [0, 0.1) is 17.5 Å². The van der Waals surface area contributed by atoms with Crippen molar-refractivity contribution in [3.05, 3.63) is 29.6 Å². The van der Waals surface area contributed by atoms with Gasteiger partial charge < -0.3 is 14.6 Å². The number of hydrogen-bond acceptors (Lipinski definition) is 4. The van der Waals surface area contributed by atoms with Crippen molar-refractivity contribution in [2.75, 3.05) is 6.54 Å². The van der Waals surface area contributed by atoms with E-state index in [0.29, 0.717) is 12.1 Å². The van der Waals surface area contributed by atoms with Gasteiger partial charge in [-0.3, -0.25) is 4.90 Å².